The summed E-state index contributed by atoms with van der Waals surface area (Å²) in [6, 6.07) is 6.23. The standard InChI is InChI=1S/C13H18FNO2/c1-2-6-15-7-8-17-13(14,10-15)11-4-3-5-12(16)9-11/h3-5,9,16H,2,6-8,10H2,1H3/t13-/m0/s1. The summed E-state index contributed by atoms with van der Waals surface area (Å²) in [5.41, 5.74) is 0.387. The van der Waals surface area contributed by atoms with Crippen LogP contribution in [0.2, 0.25) is 0 Å². The van der Waals surface area contributed by atoms with Crippen LogP contribution in [0.4, 0.5) is 4.39 Å². The number of morpholine rings is 1. The molecule has 0 unspecified atom stereocenters. The van der Waals surface area contributed by atoms with Gasteiger partial charge in [-0.25, -0.2) is 4.39 Å². The molecule has 94 valence electrons. The van der Waals surface area contributed by atoms with Crippen LogP contribution in [-0.4, -0.2) is 36.2 Å². The van der Waals surface area contributed by atoms with Crippen LogP contribution in [0.5, 0.6) is 5.75 Å². The smallest absolute Gasteiger partial charge is 0.248 e. The number of aromatic hydroxyl groups is 1. The van der Waals surface area contributed by atoms with Crippen molar-refractivity contribution in [2.75, 3.05) is 26.2 Å². The number of phenols is 1. The van der Waals surface area contributed by atoms with E-state index in [4.69, 9.17) is 4.74 Å². The molecule has 0 aromatic heterocycles. The first-order valence-electron chi connectivity index (χ1n) is 5.99. The molecule has 1 aliphatic heterocycles. The molecule has 0 radical (unpaired) electrons. The predicted molar refractivity (Wildman–Crippen MR) is 63.6 cm³/mol. The van der Waals surface area contributed by atoms with Crippen LogP contribution < -0.4 is 0 Å². The third-order valence-electron chi connectivity index (χ3n) is 2.98. The van der Waals surface area contributed by atoms with Gasteiger partial charge in [0.15, 0.2) is 0 Å². The summed E-state index contributed by atoms with van der Waals surface area (Å²) in [7, 11) is 0. The van der Waals surface area contributed by atoms with Crippen LogP contribution in [0.1, 0.15) is 18.9 Å². The summed E-state index contributed by atoms with van der Waals surface area (Å²) in [6.45, 7) is 4.31. The van der Waals surface area contributed by atoms with E-state index in [2.05, 4.69) is 6.92 Å². The highest BCUT2D eigenvalue weighted by Gasteiger charge is 2.38. The lowest BCUT2D eigenvalue weighted by Gasteiger charge is -2.37. The van der Waals surface area contributed by atoms with Crippen molar-refractivity contribution in [1.29, 1.82) is 0 Å². The number of ether oxygens (including phenoxy) is 1. The van der Waals surface area contributed by atoms with E-state index < -0.39 is 5.85 Å². The minimum absolute atomic E-state index is 0.0655. The van der Waals surface area contributed by atoms with E-state index >= 15 is 0 Å². The van der Waals surface area contributed by atoms with E-state index in [0.717, 1.165) is 19.5 Å². The topological polar surface area (TPSA) is 32.7 Å². The van der Waals surface area contributed by atoms with Gasteiger partial charge in [0.05, 0.1) is 13.2 Å². The quantitative estimate of drug-likeness (QED) is 0.878. The van der Waals surface area contributed by atoms with E-state index in [9.17, 15) is 9.50 Å². The summed E-state index contributed by atoms with van der Waals surface area (Å²) in [5, 5.41) is 9.39. The summed E-state index contributed by atoms with van der Waals surface area (Å²) < 4.78 is 19.9. The molecule has 0 bridgehead atoms. The third-order valence-corrected chi connectivity index (χ3v) is 2.98. The van der Waals surface area contributed by atoms with Crippen molar-refractivity contribution in [3.8, 4) is 5.75 Å². The van der Waals surface area contributed by atoms with Gasteiger partial charge in [-0.1, -0.05) is 19.1 Å². The first-order valence-corrected chi connectivity index (χ1v) is 5.99. The number of rotatable bonds is 3. The maximum Gasteiger partial charge on any atom is 0.248 e. The van der Waals surface area contributed by atoms with Gasteiger partial charge in [-0.05, 0) is 25.1 Å². The molecule has 17 heavy (non-hydrogen) atoms. The Kier molecular flexibility index (Phi) is 3.64. The van der Waals surface area contributed by atoms with Gasteiger partial charge in [-0.3, -0.25) is 4.90 Å². The molecule has 0 aliphatic carbocycles. The van der Waals surface area contributed by atoms with Crippen LogP contribution in [0.3, 0.4) is 0 Å². The van der Waals surface area contributed by atoms with Gasteiger partial charge in [-0.15, -0.1) is 0 Å². The van der Waals surface area contributed by atoms with Crippen molar-refractivity contribution in [2.24, 2.45) is 0 Å². The Labute approximate surface area is 101 Å². The second-order valence-corrected chi connectivity index (χ2v) is 4.40. The summed E-state index contributed by atoms with van der Waals surface area (Å²) in [6.07, 6.45) is 0.996. The number of hydrogen-bond acceptors (Lipinski definition) is 3. The molecule has 4 heteroatoms. The molecule has 1 aliphatic rings. The predicted octanol–water partition coefficient (Wildman–Crippen LogP) is 2.26. The van der Waals surface area contributed by atoms with E-state index in [1.165, 1.54) is 12.1 Å². The Hall–Kier alpha value is -1.13. The molecule has 1 aromatic rings. The highest BCUT2D eigenvalue weighted by atomic mass is 19.2. The maximum absolute atomic E-state index is 14.7. The van der Waals surface area contributed by atoms with E-state index in [0.29, 0.717) is 12.2 Å². The summed E-state index contributed by atoms with van der Waals surface area (Å²) >= 11 is 0. The Bertz CT molecular complexity index is 383. The van der Waals surface area contributed by atoms with Gasteiger partial charge in [0.2, 0.25) is 5.85 Å². The van der Waals surface area contributed by atoms with Crippen LogP contribution in [0.15, 0.2) is 24.3 Å². The monoisotopic (exact) mass is 239 g/mol. The highest BCUT2D eigenvalue weighted by Crippen LogP contribution is 2.32. The molecular formula is C13H18FNO2. The minimum atomic E-state index is -1.80. The minimum Gasteiger partial charge on any atom is -0.508 e. The van der Waals surface area contributed by atoms with Gasteiger partial charge in [-0.2, -0.15) is 0 Å². The molecule has 0 saturated carbocycles. The first kappa shape index (κ1) is 12.3. The number of hydrogen-bond donors (Lipinski definition) is 1. The zero-order valence-corrected chi connectivity index (χ0v) is 10.0. The van der Waals surface area contributed by atoms with Crippen molar-refractivity contribution in [2.45, 2.75) is 19.2 Å². The average molecular weight is 239 g/mol. The van der Waals surface area contributed by atoms with E-state index in [-0.39, 0.29) is 12.3 Å². The van der Waals surface area contributed by atoms with Gasteiger partial charge < -0.3 is 9.84 Å². The molecule has 0 amide bonds. The molecule has 1 fully saturated rings. The van der Waals surface area contributed by atoms with Gasteiger partial charge in [0, 0.05) is 12.1 Å². The van der Waals surface area contributed by atoms with Crippen molar-refractivity contribution in [3.63, 3.8) is 0 Å². The van der Waals surface area contributed by atoms with Crippen LogP contribution in [0.25, 0.3) is 0 Å². The Balaban J connectivity index is 2.17. The van der Waals surface area contributed by atoms with Gasteiger partial charge in [0.1, 0.15) is 5.75 Å². The van der Waals surface area contributed by atoms with Gasteiger partial charge >= 0.3 is 0 Å². The molecule has 1 aromatic carbocycles. The molecule has 1 atom stereocenters. The molecule has 2 rings (SSSR count). The van der Waals surface area contributed by atoms with Crippen LogP contribution in [0, 0.1) is 0 Å². The Morgan fingerprint density at radius 3 is 3.06 bits per heavy atom. The lowest BCUT2D eigenvalue weighted by molar-refractivity contribution is -0.197. The fourth-order valence-corrected chi connectivity index (χ4v) is 2.17. The second-order valence-electron chi connectivity index (χ2n) is 4.40. The van der Waals surface area contributed by atoms with Crippen molar-refractivity contribution in [3.05, 3.63) is 29.8 Å². The third kappa shape index (κ3) is 2.76. The van der Waals surface area contributed by atoms with Crippen LogP contribution in [-0.2, 0) is 10.6 Å². The van der Waals surface area contributed by atoms with E-state index in [1.807, 2.05) is 4.90 Å². The molecule has 0 spiro atoms. The number of nitrogens with zero attached hydrogens (tertiary/aromatic N) is 1. The SMILES string of the molecule is CCCN1CCO[C@](F)(c2cccc(O)c2)C1. The normalized spacial score (nSPS) is 26.0. The highest BCUT2D eigenvalue weighted by molar-refractivity contribution is 5.30. The van der Waals surface area contributed by atoms with Crippen molar-refractivity contribution in [1.82, 2.24) is 4.90 Å². The van der Waals surface area contributed by atoms with Crippen molar-refractivity contribution >= 4 is 0 Å². The second kappa shape index (κ2) is 5.02. The zero-order valence-electron chi connectivity index (χ0n) is 10.0. The lowest BCUT2D eigenvalue weighted by atomic mass is 10.0. The molecule has 1 heterocycles. The fourth-order valence-electron chi connectivity index (χ4n) is 2.17. The average Bonchev–Trinajstić information content (AvgIpc) is 2.30. The summed E-state index contributed by atoms with van der Waals surface area (Å²) in [4.78, 5) is 2.05. The molecule has 1 N–H and O–H groups in total. The van der Waals surface area contributed by atoms with E-state index in [1.54, 1.807) is 12.1 Å². The molecule has 1 saturated heterocycles. The Morgan fingerprint density at radius 1 is 1.53 bits per heavy atom. The van der Waals surface area contributed by atoms with Crippen LogP contribution >= 0.6 is 0 Å². The zero-order chi connectivity index (χ0) is 12.3. The lowest BCUT2D eigenvalue weighted by Crippen LogP contribution is -2.47. The van der Waals surface area contributed by atoms with Gasteiger partial charge in [0.25, 0.3) is 0 Å². The fraction of sp³-hybridized carbons (Fsp3) is 0.538. The van der Waals surface area contributed by atoms with Crippen molar-refractivity contribution < 1.29 is 14.2 Å². The number of benzene rings is 1. The first-order chi connectivity index (χ1) is 8.14. The maximum atomic E-state index is 14.7. The molecule has 3 nitrogen and oxygen atoms in total. The molecular weight excluding hydrogens is 221 g/mol. The number of phenolic OH excluding ortho intramolecular Hbond substituents is 1. The summed E-state index contributed by atoms with van der Waals surface area (Å²) in [5.74, 6) is -1.73. The number of alkyl halides is 1. The largest absolute Gasteiger partial charge is 0.508 e. The Morgan fingerprint density at radius 2 is 2.35 bits per heavy atom. The number of halogens is 1.